The molecule has 0 aromatic heterocycles. The maximum absolute atomic E-state index is 9.02. The zero-order valence-corrected chi connectivity index (χ0v) is 9.82. The van der Waals surface area contributed by atoms with Crippen LogP contribution in [0.25, 0.3) is 0 Å². The molecule has 0 aliphatic rings. The average Bonchev–Trinajstić information content (AvgIpc) is 2.30. The topological polar surface area (TPSA) is 52.5 Å². The van der Waals surface area contributed by atoms with E-state index in [1.807, 2.05) is 0 Å². The van der Waals surface area contributed by atoms with E-state index in [2.05, 4.69) is 36.5 Å². The Hall–Kier alpha value is -0.900. The van der Waals surface area contributed by atoms with E-state index < -0.39 is 0 Å². The molecule has 0 saturated carbocycles. The summed E-state index contributed by atoms with van der Waals surface area (Å²) < 4.78 is 0. The summed E-state index contributed by atoms with van der Waals surface area (Å²) in [5.74, 6) is 0. The van der Waals surface area contributed by atoms with E-state index in [9.17, 15) is 0 Å². The van der Waals surface area contributed by atoms with Crippen molar-refractivity contribution >= 4 is 0 Å². The van der Waals surface area contributed by atoms with Gasteiger partial charge in [-0.3, -0.25) is 0 Å². The summed E-state index contributed by atoms with van der Waals surface area (Å²) in [5, 5.41) is 21.0. The van der Waals surface area contributed by atoms with Crippen LogP contribution in [0.4, 0.5) is 0 Å². The largest absolute Gasteiger partial charge is 0.396 e. The van der Waals surface area contributed by atoms with Crippen molar-refractivity contribution in [2.24, 2.45) is 0 Å². The van der Waals surface area contributed by atoms with Crippen molar-refractivity contribution in [3.05, 3.63) is 35.4 Å². The second-order valence-electron chi connectivity index (χ2n) is 4.08. The lowest BCUT2D eigenvalue weighted by Gasteiger charge is -2.14. The van der Waals surface area contributed by atoms with E-state index in [0.717, 1.165) is 13.0 Å². The highest BCUT2D eigenvalue weighted by Crippen LogP contribution is 2.03. The van der Waals surface area contributed by atoms with E-state index in [0.29, 0.717) is 6.42 Å². The van der Waals surface area contributed by atoms with Crippen molar-refractivity contribution in [1.29, 1.82) is 0 Å². The molecule has 1 aromatic rings. The average molecular weight is 223 g/mol. The lowest BCUT2D eigenvalue weighted by Crippen LogP contribution is -2.34. The Labute approximate surface area is 97.1 Å². The fourth-order valence-electron chi connectivity index (χ4n) is 1.59. The zero-order valence-electron chi connectivity index (χ0n) is 9.82. The molecular weight excluding hydrogens is 202 g/mol. The number of aryl methyl sites for hydroxylation is 1. The minimum Gasteiger partial charge on any atom is -0.396 e. The summed E-state index contributed by atoms with van der Waals surface area (Å²) in [5.41, 5.74) is 2.56. The van der Waals surface area contributed by atoms with Crippen molar-refractivity contribution in [1.82, 2.24) is 5.32 Å². The van der Waals surface area contributed by atoms with E-state index >= 15 is 0 Å². The van der Waals surface area contributed by atoms with Gasteiger partial charge in [0.1, 0.15) is 0 Å². The van der Waals surface area contributed by atoms with Crippen LogP contribution in [0.3, 0.4) is 0 Å². The van der Waals surface area contributed by atoms with Crippen LogP contribution in [0.1, 0.15) is 17.5 Å². The first-order valence-corrected chi connectivity index (χ1v) is 5.77. The highest BCUT2D eigenvalue weighted by Gasteiger charge is 2.04. The Morgan fingerprint density at radius 1 is 1.19 bits per heavy atom. The van der Waals surface area contributed by atoms with Gasteiger partial charge in [-0.1, -0.05) is 29.8 Å². The molecule has 3 nitrogen and oxygen atoms in total. The standard InChI is InChI=1S/C13H21NO2/c1-11-2-4-12(5-3-11)6-8-14-13(10-16)7-9-15/h2-5,13-16H,6-10H2,1H3. The molecule has 0 spiro atoms. The van der Waals surface area contributed by atoms with Crippen LogP contribution in [0.5, 0.6) is 0 Å². The molecule has 0 bridgehead atoms. The summed E-state index contributed by atoms with van der Waals surface area (Å²) in [6.07, 6.45) is 1.55. The zero-order chi connectivity index (χ0) is 11.8. The number of benzene rings is 1. The van der Waals surface area contributed by atoms with Gasteiger partial charge in [-0.15, -0.1) is 0 Å². The van der Waals surface area contributed by atoms with Gasteiger partial charge in [0.25, 0.3) is 0 Å². The molecule has 0 fully saturated rings. The summed E-state index contributed by atoms with van der Waals surface area (Å²) in [4.78, 5) is 0. The van der Waals surface area contributed by atoms with E-state index in [-0.39, 0.29) is 19.3 Å². The molecule has 1 atom stereocenters. The molecule has 0 saturated heterocycles. The molecule has 1 rings (SSSR count). The first-order chi connectivity index (χ1) is 7.76. The van der Waals surface area contributed by atoms with Crippen molar-refractivity contribution in [2.75, 3.05) is 19.8 Å². The number of nitrogens with one attached hydrogen (secondary N) is 1. The quantitative estimate of drug-likeness (QED) is 0.643. The summed E-state index contributed by atoms with van der Waals surface area (Å²) in [6.45, 7) is 3.09. The molecule has 3 N–H and O–H groups in total. The van der Waals surface area contributed by atoms with Crippen LogP contribution in [0, 0.1) is 6.92 Å². The normalized spacial score (nSPS) is 12.7. The smallest absolute Gasteiger partial charge is 0.0585 e. The van der Waals surface area contributed by atoms with Gasteiger partial charge in [0.15, 0.2) is 0 Å². The fourth-order valence-corrected chi connectivity index (χ4v) is 1.59. The number of hydrogen-bond acceptors (Lipinski definition) is 3. The van der Waals surface area contributed by atoms with Gasteiger partial charge in [0, 0.05) is 12.6 Å². The second kappa shape index (κ2) is 7.39. The molecule has 0 aliphatic carbocycles. The van der Waals surface area contributed by atoms with Crippen LogP contribution in [-0.4, -0.2) is 36.0 Å². The van der Waals surface area contributed by atoms with Crippen LogP contribution < -0.4 is 5.32 Å². The Morgan fingerprint density at radius 3 is 2.44 bits per heavy atom. The summed E-state index contributed by atoms with van der Waals surface area (Å²) >= 11 is 0. The predicted octanol–water partition coefficient (Wildman–Crippen LogP) is 0.870. The maximum Gasteiger partial charge on any atom is 0.0585 e. The van der Waals surface area contributed by atoms with Crippen molar-refractivity contribution < 1.29 is 10.2 Å². The Bertz CT molecular complexity index is 284. The molecule has 0 radical (unpaired) electrons. The van der Waals surface area contributed by atoms with Gasteiger partial charge >= 0.3 is 0 Å². The number of rotatable bonds is 7. The highest BCUT2D eigenvalue weighted by atomic mass is 16.3. The lowest BCUT2D eigenvalue weighted by molar-refractivity contribution is 0.201. The van der Waals surface area contributed by atoms with Crippen LogP contribution in [0.15, 0.2) is 24.3 Å². The summed E-state index contributed by atoms with van der Waals surface area (Å²) in [7, 11) is 0. The molecule has 16 heavy (non-hydrogen) atoms. The van der Waals surface area contributed by atoms with Crippen LogP contribution >= 0.6 is 0 Å². The van der Waals surface area contributed by atoms with E-state index in [4.69, 9.17) is 10.2 Å². The van der Waals surface area contributed by atoms with E-state index in [1.165, 1.54) is 11.1 Å². The third kappa shape index (κ3) is 4.75. The molecule has 3 heteroatoms. The van der Waals surface area contributed by atoms with Gasteiger partial charge in [0.2, 0.25) is 0 Å². The lowest BCUT2D eigenvalue weighted by atomic mass is 10.1. The third-order valence-corrected chi connectivity index (χ3v) is 2.67. The first-order valence-electron chi connectivity index (χ1n) is 5.77. The third-order valence-electron chi connectivity index (χ3n) is 2.67. The van der Waals surface area contributed by atoms with Gasteiger partial charge < -0.3 is 15.5 Å². The minimum atomic E-state index is 0.00967. The van der Waals surface area contributed by atoms with Crippen molar-refractivity contribution in [3.63, 3.8) is 0 Å². The SMILES string of the molecule is Cc1ccc(CCNC(CO)CCO)cc1. The number of aliphatic hydroxyl groups is 2. The van der Waals surface area contributed by atoms with Gasteiger partial charge in [-0.05, 0) is 31.9 Å². The monoisotopic (exact) mass is 223 g/mol. The van der Waals surface area contributed by atoms with Gasteiger partial charge in [-0.25, -0.2) is 0 Å². The molecule has 0 heterocycles. The minimum absolute atomic E-state index is 0.00967. The fraction of sp³-hybridized carbons (Fsp3) is 0.538. The van der Waals surface area contributed by atoms with Crippen molar-refractivity contribution in [2.45, 2.75) is 25.8 Å². The number of aliphatic hydroxyl groups excluding tert-OH is 2. The molecule has 90 valence electrons. The maximum atomic E-state index is 9.02. The van der Waals surface area contributed by atoms with Gasteiger partial charge in [-0.2, -0.15) is 0 Å². The van der Waals surface area contributed by atoms with Crippen molar-refractivity contribution in [3.8, 4) is 0 Å². The summed E-state index contributed by atoms with van der Waals surface area (Å²) in [6, 6.07) is 8.46. The molecular formula is C13H21NO2. The number of hydrogen-bond donors (Lipinski definition) is 3. The molecule has 1 aromatic carbocycles. The molecule has 1 unspecified atom stereocenters. The molecule has 0 aliphatic heterocycles. The van der Waals surface area contributed by atoms with E-state index in [1.54, 1.807) is 0 Å². The van der Waals surface area contributed by atoms with Gasteiger partial charge in [0.05, 0.1) is 6.61 Å². The van der Waals surface area contributed by atoms with Crippen LogP contribution in [-0.2, 0) is 6.42 Å². The predicted molar refractivity (Wildman–Crippen MR) is 65.5 cm³/mol. The Kier molecular flexibility index (Phi) is 6.08. The first kappa shape index (κ1) is 13.2. The molecule has 0 amide bonds. The Balaban J connectivity index is 2.26. The Morgan fingerprint density at radius 2 is 1.88 bits per heavy atom. The second-order valence-corrected chi connectivity index (χ2v) is 4.08. The highest BCUT2D eigenvalue weighted by molar-refractivity contribution is 5.21. The van der Waals surface area contributed by atoms with Crippen LogP contribution in [0.2, 0.25) is 0 Å².